The zero-order valence-electron chi connectivity index (χ0n) is 11.2. The molecule has 1 aromatic rings. The molecule has 2 N–H and O–H groups in total. The first-order valence-electron chi connectivity index (χ1n) is 6.71. The van der Waals surface area contributed by atoms with Crippen molar-refractivity contribution in [2.24, 2.45) is 17.6 Å². The Balaban J connectivity index is 2.15. The van der Waals surface area contributed by atoms with Crippen LogP contribution < -0.4 is 10.5 Å². The Hall–Kier alpha value is -1.09. The third-order valence-corrected chi connectivity index (χ3v) is 4.05. The standard InChI is InChI=1S/C15H22FNO/c1-10-4-3-5-11(8-10)15(17)13-7-6-12(18-2)9-14(13)16/h6-7,9-11,15H,3-5,8,17H2,1-2H3. The van der Waals surface area contributed by atoms with Gasteiger partial charge in [-0.3, -0.25) is 0 Å². The smallest absolute Gasteiger partial charge is 0.131 e. The van der Waals surface area contributed by atoms with Crippen molar-refractivity contribution in [3.05, 3.63) is 29.6 Å². The summed E-state index contributed by atoms with van der Waals surface area (Å²) in [7, 11) is 1.54. The largest absolute Gasteiger partial charge is 0.497 e. The molecule has 0 spiro atoms. The highest BCUT2D eigenvalue weighted by Gasteiger charge is 2.26. The molecular formula is C15H22FNO. The summed E-state index contributed by atoms with van der Waals surface area (Å²) in [4.78, 5) is 0. The van der Waals surface area contributed by atoms with E-state index < -0.39 is 0 Å². The Morgan fingerprint density at radius 2 is 2.17 bits per heavy atom. The summed E-state index contributed by atoms with van der Waals surface area (Å²) < 4.78 is 19.0. The van der Waals surface area contributed by atoms with Crippen molar-refractivity contribution in [1.82, 2.24) is 0 Å². The highest BCUT2D eigenvalue weighted by atomic mass is 19.1. The first-order chi connectivity index (χ1) is 8.61. The van der Waals surface area contributed by atoms with Gasteiger partial charge in [-0.15, -0.1) is 0 Å². The van der Waals surface area contributed by atoms with Crippen LogP contribution in [0.15, 0.2) is 18.2 Å². The van der Waals surface area contributed by atoms with E-state index in [-0.39, 0.29) is 11.9 Å². The maximum Gasteiger partial charge on any atom is 0.131 e. The molecule has 1 aliphatic rings. The molecule has 0 saturated heterocycles. The molecule has 18 heavy (non-hydrogen) atoms. The van der Waals surface area contributed by atoms with Gasteiger partial charge in [0.2, 0.25) is 0 Å². The van der Waals surface area contributed by atoms with Gasteiger partial charge in [-0.25, -0.2) is 4.39 Å². The first kappa shape index (κ1) is 13.3. The van der Waals surface area contributed by atoms with Gasteiger partial charge in [-0.1, -0.05) is 25.8 Å². The molecule has 0 radical (unpaired) electrons. The van der Waals surface area contributed by atoms with Crippen molar-refractivity contribution in [3.8, 4) is 5.75 Å². The lowest BCUT2D eigenvalue weighted by atomic mass is 9.77. The molecule has 1 aromatic carbocycles. The van der Waals surface area contributed by atoms with E-state index >= 15 is 0 Å². The Morgan fingerprint density at radius 1 is 1.39 bits per heavy atom. The Labute approximate surface area is 108 Å². The van der Waals surface area contributed by atoms with Crippen LogP contribution >= 0.6 is 0 Å². The third-order valence-electron chi connectivity index (χ3n) is 4.05. The Morgan fingerprint density at radius 3 is 2.78 bits per heavy atom. The fourth-order valence-electron chi connectivity index (χ4n) is 2.97. The number of benzene rings is 1. The second kappa shape index (κ2) is 5.70. The minimum absolute atomic E-state index is 0.196. The molecule has 0 bridgehead atoms. The molecule has 0 heterocycles. The lowest BCUT2D eigenvalue weighted by Crippen LogP contribution is -2.26. The second-order valence-corrected chi connectivity index (χ2v) is 5.45. The lowest BCUT2D eigenvalue weighted by Gasteiger charge is -2.31. The predicted octanol–water partition coefficient (Wildman–Crippen LogP) is 3.66. The number of hydrogen-bond acceptors (Lipinski definition) is 2. The van der Waals surface area contributed by atoms with Crippen molar-refractivity contribution in [3.63, 3.8) is 0 Å². The van der Waals surface area contributed by atoms with Crippen LogP contribution in [0.5, 0.6) is 5.75 Å². The normalized spacial score (nSPS) is 25.8. The highest BCUT2D eigenvalue weighted by Crippen LogP contribution is 2.37. The minimum Gasteiger partial charge on any atom is -0.497 e. The summed E-state index contributed by atoms with van der Waals surface area (Å²) >= 11 is 0. The third kappa shape index (κ3) is 2.83. The summed E-state index contributed by atoms with van der Waals surface area (Å²) in [6.07, 6.45) is 4.69. The topological polar surface area (TPSA) is 35.2 Å². The minimum atomic E-state index is -0.250. The van der Waals surface area contributed by atoms with Crippen LogP contribution in [0.2, 0.25) is 0 Å². The van der Waals surface area contributed by atoms with Gasteiger partial charge in [0.05, 0.1) is 7.11 Å². The molecule has 0 aromatic heterocycles. The summed E-state index contributed by atoms with van der Waals surface area (Å²) in [6, 6.07) is 4.77. The van der Waals surface area contributed by atoms with E-state index in [1.54, 1.807) is 12.1 Å². The SMILES string of the molecule is COc1ccc(C(N)C2CCCC(C)C2)c(F)c1. The summed E-state index contributed by atoms with van der Waals surface area (Å²) in [6.45, 7) is 2.25. The van der Waals surface area contributed by atoms with Crippen LogP contribution in [-0.2, 0) is 0 Å². The lowest BCUT2D eigenvalue weighted by molar-refractivity contribution is 0.245. The molecule has 3 heteroatoms. The van der Waals surface area contributed by atoms with Gasteiger partial charge >= 0.3 is 0 Å². The molecule has 2 nitrogen and oxygen atoms in total. The van der Waals surface area contributed by atoms with E-state index in [1.807, 2.05) is 0 Å². The molecule has 2 rings (SSSR count). The molecule has 1 saturated carbocycles. The Bertz CT molecular complexity index is 407. The predicted molar refractivity (Wildman–Crippen MR) is 71.0 cm³/mol. The van der Waals surface area contributed by atoms with E-state index in [2.05, 4.69) is 6.92 Å². The molecule has 0 amide bonds. The van der Waals surface area contributed by atoms with E-state index in [0.717, 1.165) is 12.8 Å². The van der Waals surface area contributed by atoms with Gasteiger partial charge in [0.1, 0.15) is 11.6 Å². The van der Waals surface area contributed by atoms with E-state index in [0.29, 0.717) is 23.1 Å². The number of nitrogens with two attached hydrogens (primary N) is 1. The van der Waals surface area contributed by atoms with Crippen LogP contribution in [0.1, 0.15) is 44.2 Å². The summed E-state index contributed by atoms with van der Waals surface area (Å²) in [5, 5.41) is 0. The van der Waals surface area contributed by atoms with Crippen LogP contribution in [0.4, 0.5) is 4.39 Å². The van der Waals surface area contributed by atoms with Gasteiger partial charge in [-0.05, 0) is 30.7 Å². The summed E-state index contributed by atoms with van der Waals surface area (Å²) in [5.74, 6) is 1.40. The van der Waals surface area contributed by atoms with E-state index in [4.69, 9.17) is 10.5 Å². The van der Waals surface area contributed by atoms with Crippen LogP contribution in [-0.4, -0.2) is 7.11 Å². The number of ether oxygens (including phenoxy) is 1. The number of halogens is 1. The van der Waals surface area contributed by atoms with Gasteiger partial charge < -0.3 is 10.5 Å². The average molecular weight is 251 g/mol. The molecule has 1 fully saturated rings. The molecule has 3 atom stereocenters. The van der Waals surface area contributed by atoms with Gasteiger partial charge in [0.15, 0.2) is 0 Å². The van der Waals surface area contributed by atoms with Crippen LogP contribution in [0.3, 0.4) is 0 Å². The monoisotopic (exact) mass is 251 g/mol. The fraction of sp³-hybridized carbons (Fsp3) is 0.600. The number of hydrogen-bond donors (Lipinski definition) is 1. The number of methoxy groups -OCH3 is 1. The van der Waals surface area contributed by atoms with Crippen molar-refractivity contribution in [2.75, 3.05) is 7.11 Å². The Kier molecular flexibility index (Phi) is 4.23. The van der Waals surface area contributed by atoms with Crippen molar-refractivity contribution < 1.29 is 9.13 Å². The fourth-order valence-corrected chi connectivity index (χ4v) is 2.97. The highest BCUT2D eigenvalue weighted by molar-refractivity contribution is 5.31. The van der Waals surface area contributed by atoms with Crippen LogP contribution in [0, 0.1) is 17.7 Å². The molecule has 100 valence electrons. The van der Waals surface area contributed by atoms with Gasteiger partial charge in [0.25, 0.3) is 0 Å². The zero-order chi connectivity index (χ0) is 13.1. The molecule has 3 unspecified atom stereocenters. The quantitative estimate of drug-likeness (QED) is 0.889. The second-order valence-electron chi connectivity index (χ2n) is 5.45. The zero-order valence-corrected chi connectivity index (χ0v) is 11.2. The van der Waals surface area contributed by atoms with Gasteiger partial charge in [-0.2, -0.15) is 0 Å². The van der Waals surface area contributed by atoms with E-state index in [9.17, 15) is 4.39 Å². The van der Waals surface area contributed by atoms with Crippen molar-refractivity contribution >= 4 is 0 Å². The first-order valence-corrected chi connectivity index (χ1v) is 6.71. The maximum absolute atomic E-state index is 14.0. The molecular weight excluding hydrogens is 229 g/mol. The van der Waals surface area contributed by atoms with E-state index in [1.165, 1.54) is 26.0 Å². The molecule has 1 aliphatic carbocycles. The average Bonchev–Trinajstić information content (AvgIpc) is 2.37. The maximum atomic E-state index is 14.0. The van der Waals surface area contributed by atoms with Crippen molar-refractivity contribution in [1.29, 1.82) is 0 Å². The van der Waals surface area contributed by atoms with Gasteiger partial charge in [0, 0.05) is 17.7 Å². The van der Waals surface area contributed by atoms with Crippen molar-refractivity contribution in [2.45, 2.75) is 38.6 Å². The number of rotatable bonds is 3. The molecule has 0 aliphatic heterocycles. The summed E-state index contributed by atoms with van der Waals surface area (Å²) in [5.41, 5.74) is 6.86. The van der Waals surface area contributed by atoms with Crippen LogP contribution in [0.25, 0.3) is 0 Å².